The van der Waals surface area contributed by atoms with Crippen molar-refractivity contribution in [3.63, 3.8) is 0 Å². The van der Waals surface area contributed by atoms with Gasteiger partial charge in [0.1, 0.15) is 0 Å². The van der Waals surface area contributed by atoms with Crippen LogP contribution in [0.4, 0.5) is 0 Å². The summed E-state index contributed by atoms with van der Waals surface area (Å²) in [5.74, 6) is 0. The fraction of sp³-hybridized carbons (Fsp3) is 1.00. The average Bonchev–Trinajstić information content (AvgIpc) is 2.05. The molecule has 0 aromatic carbocycles. The Balaban J connectivity index is 0. The first-order chi connectivity index (χ1) is 4.72. The number of hydrogen-bond acceptors (Lipinski definition) is 1. The molecule has 0 rings (SSSR count). The van der Waals surface area contributed by atoms with Gasteiger partial charge in [0.15, 0.2) is 0 Å². The highest BCUT2D eigenvalue weighted by Gasteiger charge is 2.06. The first kappa shape index (κ1) is 13.0. The van der Waals surface area contributed by atoms with Gasteiger partial charge in [-0.05, 0) is 18.5 Å². The molecule has 3 atom stereocenters. The number of hydrogen-bond donors (Lipinski definition) is 1. The van der Waals surface area contributed by atoms with Crippen LogP contribution in [-0.4, -0.2) is 11.7 Å². The second kappa shape index (κ2) is 9.39. The normalized spacial score (nSPS) is 15.0. The van der Waals surface area contributed by atoms with Crippen molar-refractivity contribution in [3.05, 3.63) is 0 Å². The molecular formula is C8H22NP. The van der Waals surface area contributed by atoms with Gasteiger partial charge in [-0.1, -0.05) is 27.7 Å². The summed E-state index contributed by atoms with van der Waals surface area (Å²) in [6.07, 6.45) is 2.25. The molecule has 10 heavy (non-hydrogen) atoms. The van der Waals surface area contributed by atoms with Crippen LogP contribution in [0.5, 0.6) is 0 Å². The van der Waals surface area contributed by atoms with Gasteiger partial charge in [-0.2, -0.15) is 0 Å². The van der Waals surface area contributed by atoms with Crippen molar-refractivity contribution in [2.45, 2.75) is 52.2 Å². The number of nitrogens with two attached hydrogens (primary N) is 1. The zero-order chi connectivity index (χ0) is 8.57. The molecule has 0 aromatic rings. The van der Waals surface area contributed by atoms with E-state index >= 15 is 0 Å². The molecule has 0 aliphatic heterocycles. The summed E-state index contributed by atoms with van der Waals surface area (Å²) < 4.78 is 0. The van der Waals surface area contributed by atoms with Crippen LogP contribution in [0.15, 0.2) is 0 Å². The first-order valence-electron chi connectivity index (χ1n) is 4.23. The van der Waals surface area contributed by atoms with E-state index in [1.165, 1.54) is 6.42 Å². The van der Waals surface area contributed by atoms with Crippen LogP contribution in [-0.2, 0) is 0 Å². The zero-order valence-electron chi connectivity index (χ0n) is 7.72. The van der Waals surface area contributed by atoms with Gasteiger partial charge in [-0.25, -0.2) is 0 Å². The molecule has 0 radical (unpaired) electrons. The lowest BCUT2D eigenvalue weighted by Gasteiger charge is -2.14. The van der Waals surface area contributed by atoms with Gasteiger partial charge in [-0.3, -0.25) is 0 Å². The lowest BCUT2D eigenvalue weighted by Crippen LogP contribution is -2.28. The lowest BCUT2D eigenvalue weighted by atomic mass is 10.1. The fourth-order valence-electron chi connectivity index (χ4n) is 0.605. The summed E-state index contributed by atoms with van der Waals surface area (Å²) in [5.41, 5.74) is 6.32. The molecule has 0 amide bonds. The number of rotatable bonds is 3. The van der Waals surface area contributed by atoms with Crippen LogP contribution in [0.2, 0.25) is 0 Å². The minimum Gasteiger partial charge on any atom is -0.327 e. The molecule has 0 heterocycles. The highest BCUT2D eigenvalue weighted by molar-refractivity contribution is 7.17. The molecule has 0 aliphatic carbocycles. The summed E-state index contributed by atoms with van der Waals surface area (Å²) in [6.45, 7) is 8.28. The Bertz CT molecular complexity index is 49.2. The minimum absolute atomic E-state index is 0.380. The van der Waals surface area contributed by atoms with Gasteiger partial charge in [0.25, 0.3) is 0 Å². The van der Waals surface area contributed by atoms with E-state index in [0.29, 0.717) is 11.7 Å². The summed E-state index contributed by atoms with van der Waals surface area (Å²) in [7, 11) is 2.77. The maximum atomic E-state index is 5.71. The van der Waals surface area contributed by atoms with Crippen LogP contribution >= 0.6 is 9.24 Å². The SMILES string of the molecule is CC.CCC(N)C(P)CC. The largest absolute Gasteiger partial charge is 0.327 e. The Morgan fingerprint density at radius 2 is 1.60 bits per heavy atom. The molecule has 0 spiro atoms. The van der Waals surface area contributed by atoms with Gasteiger partial charge in [0.2, 0.25) is 0 Å². The van der Waals surface area contributed by atoms with E-state index < -0.39 is 0 Å². The molecule has 0 saturated carbocycles. The van der Waals surface area contributed by atoms with Gasteiger partial charge < -0.3 is 5.73 Å². The van der Waals surface area contributed by atoms with Crippen molar-refractivity contribution in [2.24, 2.45) is 5.73 Å². The smallest absolute Gasteiger partial charge is 0.00991 e. The summed E-state index contributed by atoms with van der Waals surface area (Å²) in [5, 5.41) is 0. The Morgan fingerprint density at radius 1 is 1.20 bits per heavy atom. The van der Waals surface area contributed by atoms with E-state index in [0.717, 1.165) is 6.42 Å². The van der Waals surface area contributed by atoms with Crippen molar-refractivity contribution in [2.75, 3.05) is 0 Å². The fourth-order valence-corrected chi connectivity index (χ4v) is 0.878. The van der Waals surface area contributed by atoms with E-state index in [-0.39, 0.29) is 0 Å². The highest BCUT2D eigenvalue weighted by atomic mass is 31.0. The third-order valence-electron chi connectivity index (χ3n) is 1.49. The Hall–Kier alpha value is 0.390. The Kier molecular flexibility index (Phi) is 12.2. The standard InChI is InChI=1S/C6H16NP.C2H6/c1-3-5(7)6(8)4-2;1-2/h5-6H,3-4,7-8H2,1-2H3;1-2H3. The lowest BCUT2D eigenvalue weighted by molar-refractivity contribution is 0.601. The van der Waals surface area contributed by atoms with Crippen LogP contribution in [0, 0.1) is 0 Å². The van der Waals surface area contributed by atoms with E-state index in [4.69, 9.17) is 5.73 Å². The molecule has 3 unspecified atom stereocenters. The Morgan fingerprint density at radius 3 is 1.70 bits per heavy atom. The third kappa shape index (κ3) is 6.51. The van der Waals surface area contributed by atoms with Crippen molar-refractivity contribution in [3.8, 4) is 0 Å². The molecule has 0 bridgehead atoms. The van der Waals surface area contributed by atoms with Crippen molar-refractivity contribution < 1.29 is 0 Å². The molecule has 2 heteroatoms. The average molecular weight is 163 g/mol. The molecule has 0 fully saturated rings. The predicted octanol–water partition coefficient (Wildman–Crippen LogP) is 2.40. The predicted molar refractivity (Wildman–Crippen MR) is 53.4 cm³/mol. The van der Waals surface area contributed by atoms with Crippen LogP contribution in [0.1, 0.15) is 40.5 Å². The van der Waals surface area contributed by atoms with Gasteiger partial charge in [0.05, 0.1) is 0 Å². The highest BCUT2D eigenvalue weighted by Crippen LogP contribution is 2.09. The van der Waals surface area contributed by atoms with Gasteiger partial charge >= 0.3 is 0 Å². The summed E-state index contributed by atoms with van der Waals surface area (Å²) >= 11 is 0. The second-order valence-electron chi connectivity index (χ2n) is 2.14. The second-order valence-corrected chi connectivity index (χ2v) is 3.00. The molecule has 64 valence electrons. The molecule has 0 aromatic heterocycles. The summed E-state index contributed by atoms with van der Waals surface area (Å²) in [6, 6.07) is 0.380. The van der Waals surface area contributed by atoms with Gasteiger partial charge in [0, 0.05) is 6.04 Å². The van der Waals surface area contributed by atoms with Crippen molar-refractivity contribution >= 4 is 9.24 Å². The molecule has 2 N–H and O–H groups in total. The summed E-state index contributed by atoms with van der Waals surface area (Å²) in [4.78, 5) is 0. The molecule has 0 saturated heterocycles. The molecular weight excluding hydrogens is 141 g/mol. The van der Waals surface area contributed by atoms with E-state index in [1.54, 1.807) is 0 Å². The Labute approximate surface area is 68.0 Å². The molecule has 0 aliphatic rings. The minimum atomic E-state index is 0.380. The van der Waals surface area contributed by atoms with Crippen molar-refractivity contribution in [1.82, 2.24) is 0 Å². The van der Waals surface area contributed by atoms with E-state index in [1.807, 2.05) is 13.8 Å². The molecule has 1 nitrogen and oxygen atoms in total. The van der Waals surface area contributed by atoms with Crippen LogP contribution in [0.25, 0.3) is 0 Å². The third-order valence-corrected chi connectivity index (χ3v) is 2.46. The topological polar surface area (TPSA) is 26.0 Å². The maximum absolute atomic E-state index is 5.71. The van der Waals surface area contributed by atoms with E-state index in [9.17, 15) is 0 Å². The monoisotopic (exact) mass is 163 g/mol. The van der Waals surface area contributed by atoms with Crippen LogP contribution in [0.3, 0.4) is 0 Å². The van der Waals surface area contributed by atoms with Crippen LogP contribution < -0.4 is 5.73 Å². The van der Waals surface area contributed by atoms with Gasteiger partial charge in [-0.15, -0.1) is 9.24 Å². The van der Waals surface area contributed by atoms with Crippen molar-refractivity contribution in [1.29, 1.82) is 0 Å². The maximum Gasteiger partial charge on any atom is 0.00991 e. The first-order valence-corrected chi connectivity index (χ1v) is 4.90. The zero-order valence-corrected chi connectivity index (χ0v) is 8.88. The quantitative estimate of drug-likeness (QED) is 0.635. The van der Waals surface area contributed by atoms with E-state index in [2.05, 4.69) is 23.1 Å².